The van der Waals surface area contributed by atoms with Crippen molar-refractivity contribution in [2.45, 2.75) is 26.4 Å². The first-order chi connectivity index (χ1) is 9.61. The molecular weight excluding hydrogens is 256 g/mol. The van der Waals surface area contributed by atoms with Crippen LogP contribution in [0.2, 0.25) is 0 Å². The van der Waals surface area contributed by atoms with E-state index in [9.17, 15) is 9.90 Å². The highest BCUT2D eigenvalue weighted by atomic mass is 16.5. The third kappa shape index (κ3) is 1.94. The van der Waals surface area contributed by atoms with Crippen molar-refractivity contribution in [3.8, 4) is 5.75 Å². The summed E-state index contributed by atoms with van der Waals surface area (Å²) < 4.78 is 7.57. The molecule has 106 valence electrons. The van der Waals surface area contributed by atoms with Gasteiger partial charge in [-0.2, -0.15) is 0 Å². The number of methoxy groups -OCH3 is 1. The summed E-state index contributed by atoms with van der Waals surface area (Å²) in [6, 6.07) is 3.95. The van der Waals surface area contributed by atoms with Crippen LogP contribution in [0.5, 0.6) is 5.75 Å². The topological polar surface area (TPSA) is 63.5 Å². The van der Waals surface area contributed by atoms with Crippen molar-refractivity contribution in [3.05, 3.63) is 29.0 Å². The van der Waals surface area contributed by atoms with Crippen LogP contribution in [0.1, 0.15) is 16.8 Å². The number of aryl methyl sites for hydroxylation is 1. The first kappa shape index (κ1) is 13.0. The zero-order valence-electron chi connectivity index (χ0n) is 11.7. The number of benzene rings is 1. The van der Waals surface area contributed by atoms with E-state index in [-0.39, 0.29) is 6.42 Å². The minimum absolute atomic E-state index is 0.0487. The highest BCUT2D eigenvalue weighted by Crippen LogP contribution is 2.33. The summed E-state index contributed by atoms with van der Waals surface area (Å²) in [7, 11) is 1.63. The van der Waals surface area contributed by atoms with Gasteiger partial charge in [0.25, 0.3) is 0 Å². The molecule has 2 heterocycles. The van der Waals surface area contributed by atoms with Crippen LogP contribution in [0.3, 0.4) is 0 Å². The standard InChI is InChI=1S/C15H18N2O3/c1-9-5-10(20-2)6-12-11(7-14(18)19)13-8-16-3-4-17(13)15(9)12/h5-6,16H,3-4,7-8H2,1-2H3,(H,18,19). The van der Waals surface area contributed by atoms with E-state index < -0.39 is 5.97 Å². The first-order valence-corrected chi connectivity index (χ1v) is 6.73. The molecule has 0 saturated carbocycles. The molecule has 5 heteroatoms. The number of rotatable bonds is 3. The Morgan fingerprint density at radius 3 is 3.00 bits per heavy atom. The van der Waals surface area contributed by atoms with Gasteiger partial charge in [0.05, 0.1) is 19.0 Å². The number of ether oxygens (including phenoxy) is 1. The molecule has 2 N–H and O–H groups in total. The second-order valence-corrected chi connectivity index (χ2v) is 5.16. The van der Waals surface area contributed by atoms with Gasteiger partial charge in [-0.25, -0.2) is 0 Å². The second-order valence-electron chi connectivity index (χ2n) is 5.16. The molecule has 5 nitrogen and oxygen atoms in total. The molecule has 0 unspecified atom stereocenters. The van der Waals surface area contributed by atoms with Crippen molar-refractivity contribution < 1.29 is 14.6 Å². The predicted octanol–water partition coefficient (Wildman–Crippen LogP) is 1.69. The minimum Gasteiger partial charge on any atom is -0.497 e. The van der Waals surface area contributed by atoms with Gasteiger partial charge in [-0.1, -0.05) is 0 Å². The van der Waals surface area contributed by atoms with Gasteiger partial charge in [0.2, 0.25) is 0 Å². The van der Waals surface area contributed by atoms with Gasteiger partial charge in [-0.3, -0.25) is 4.79 Å². The Balaban J connectivity index is 2.33. The van der Waals surface area contributed by atoms with Gasteiger partial charge < -0.3 is 19.7 Å². The fourth-order valence-electron chi connectivity index (χ4n) is 3.10. The van der Waals surface area contributed by atoms with Crippen molar-refractivity contribution in [1.82, 2.24) is 9.88 Å². The van der Waals surface area contributed by atoms with Crippen molar-refractivity contribution in [2.24, 2.45) is 0 Å². The number of carboxylic acid groups (broad SMARTS) is 1. The van der Waals surface area contributed by atoms with Crippen LogP contribution >= 0.6 is 0 Å². The summed E-state index contributed by atoms with van der Waals surface area (Å²) in [4.78, 5) is 11.2. The summed E-state index contributed by atoms with van der Waals surface area (Å²) in [6.07, 6.45) is 0.0487. The summed E-state index contributed by atoms with van der Waals surface area (Å²) in [5.74, 6) is -0.0242. The lowest BCUT2D eigenvalue weighted by Crippen LogP contribution is -2.28. The molecule has 1 aliphatic rings. The number of aromatic nitrogens is 1. The lowest BCUT2D eigenvalue weighted by Gasteiger charge is -2.19. The van der Waals surface area contributed by atoms with Crippen molar-refractivity contribution in [3.63, 3.8) is 0 Å². The fourth-order valence-corrected chi connectivity index (χ4v) is 3.10. The van der Waals surface area contributed by atoms with Crippen LogP contribution in [0, 0.1) is 6.92 Å². The molecule has 0 amide bonds. The van der Waals surface area contributed by atoms with Crippen LogP contribution in [0.25, 0.3) is 10.9 Å². The van der Waals surface area contributed by atoms with E-state index in [1.807, 2.05) is 19.1 Å². The number of aliphatic carboxylic acids is 1. The Morgan fingerprint density at radius 2 is 2.30 bits per heavy atom. The van der Waals surface area contributed by atoms with Crippen molar-refractivity contribution in [1.29, 1.82) is 0 Å². The maximum atomic E-state index is 11.2. The molecular formula is C15H18N2O3. The lowest BCUT2D eigenvalue weighted by atomic mass is 10.0. The second kappa shape index (κ2) is 4.83. The van der Waals surface area contributed by atoms with Gasteiger partial charge >= 0.3 is 5.97 Å². The van der Waals surface area contributed by atoms with Gasteiger partial charge in [-0.15, -0.1) is 0 Å². The van der Waals surface area contributed by atoms with Gasteiger partial charge in [-0.05, 0) is 30.2 Å². The van der Waals surface area contributed by atoms with E-state index in [4.69, 9.17) is 4.74 Å². The van der Waals surface area contributed by atoms with E-state index in [2.05, 4.69) is 9.88 Å². The minimum atomic E-state index is -0.800. The van der Waals surface area contributed by atoms with Gasteiger partial charge in [0.1, 0.15) is 5.75 Å². The Bertz CT molecular complexity index is 688. The van der Waals surface area contributed by atoms with Crippen LogP contribution in [0.4, 0.5) is 0 Å². The summed E-state index contributed by atoms with van der Waals surface area (Å²) in [5.41, 5.74) is 4.25. The number of hydrogen-bond donors (Lipinski definition) is 2. The first-order valence-electron chi connectivity index (χ1n) is 6.73. The van der Waals surface area contributed by atoms with Crippen molar-refractivity contribution >= 4 is 16.9 Å². The molecule has 20 heavy (non-hydrogen) atoms. The molecule has 0 atom stereocenters. The fraction of sp³-hybridized carbons (Fsp3) is 0.400. The Hall–Kier alpha value is -2.01. The zero-order valence-corrected chi connectivity index (χ0v) is 11.7. The van der Waals surface area contributed by atoms with E-state index in [0.717, 1.165) is 53.1 Å². The molecule has 3 rings (SSSR count). The third-order valence-electron chi connectivity index (χ3n) is 3.91. The average Bonchev–Trinajstić information content (AvgIpc) is 2.73. The highest BCUT2D eigenvalue weighted by molar-refractivity contribution is 5.92. The molecule has 1 aromatic carbocycles. The summed E-state index contributed by atoms with van der Waals surface area (Å²) in [5, 5.41) is 13.5. The molecule has 0 fully saturated rings. The zero-order chi connectivity index (χ0) is 14.3. The monoisotopic (exact) mass is 274 g/mol. The smallest absolute Gasteiger partial charge is 0.307 e. The molecule has 0 aliphatic carbocycles. The van der Waals surface area contributed by atoms with Crippen LogP contribution in [-0.4, -0.2) is 29.3 Å². The SMILES string of the molecule is COc1cc(C)c2c(c1)c(CC(=O)O)c1n2CCNC1. The number of hydrogen-bond acceptors (Lipinski definition) is 3. The lowest BCUT2D eigenvalue weighted by molar-refractivity contribution is -0.136. The van der Waals surface area contributed by atoms with E-state index >= 15 is 0 Å². The third-order valence-corrected chi connectivity index (χ3v) is 3.91. The predicted molar refractivity (Wildman–Crippen MR) is 76.3 cm³/mol. The molecule has 0 bridgehead atoms. The van der Waals surface area contributed by atoms with E-state index in [1.165, 1.54) is 0 Å². The average molecular weight is 274 g/mol. The molecule has 0 radical (unpaired) electrons. The maximum absolute atomic E-state index is 11.2. The van der Waals surface area contributed by atoms with Crippen LogP contribution in [0.15, 0.2) is 12.1 Å². The van der Waals surface area contributed by atoms with E-state index in [1.54, 1.807) is 7.11 Å². The molecule has 0 spiro atoms. The largest absolute Gasteiger partial charge is 0.497 e. The summed E-state index contributed by atoms with van der Waals surface area (Å²) >= 11 is 0. The quantitative estimate of drug-likeness (QED) is 0.894. The Morgan fingerprint density at radius 1 is 1.50 bits per heavy atom. The molecule has 1 aromatic heterocycles. The molecule has 0 saturated heterocycles. The number of fused-ring (bicyclic) bond motifs is 3. The molecule has 1 aliphatic heterocycles. The number of carbonyl (C=O) groups is 1. The maximum Gasteiger partial charge on any atom is 0.307 e. The van der Waals surface area contributed by atoms with Gasteiger partial charge in [0.15, 0.2) is 0 Å². The number of carboxylic acids is 1. The number of nitrogens with one attached hydrogen (secondary N) is 1. The Labute approximate surface area is 117 Å². The number of nitrogens with zero attached hydrogens (tertiary/aromatic N) is 1. The van der Waals surface area contributed by atoms with Crippen LogP contribution < -0.4 is 10.1 Å². The van der Waals surface area contributed by atoms with Crippen molar-refractivity contribution in [2.75, 3.05) is 13.7 Å². The highest BCUT2D eigenvalue weighted by Gasteiger charge is 2.22. The Kier molecular flexibility index (Phi) is 3.14. The molecule has 2 aromatic rings. The summed E-state index contributed by atoms with van der Waals surface area (Å²) in [6.45, 7) is 4.55. The van der Waals surface area contributed by atoms with Gasteiger partial charge in [0, 0.05) is 30.7 Å². The van der Waals surface area contributed by atoms with Crippen LogP contribution in [-0.2, 0) is 24.3 Å². The van der Waals surface area contributed by atoms with E-state index in [0.29, 0.717) is 0 Å². The normalized spacial score (nSPS) is 14.3.